The summed E-state index contributed by atoms with van der Waals surface area (Å²) in [7, 11) is 0. The molecule has 1 saturated heterocycles. The maximum absolute atomic E-state index is 12.7. The molecule has 0 aromatic heterocycles. The molecule has 0 spiro atoms. The molecule has 18 heteroatoms. The lowest BCUT2D eigenvalue weighted by Gasteiger charge is -2.20. The van der Waals surface area contributed by atoms with Gasteiger partial charge in [0.1, 0.15) is 19.3 Å². The molecule has 0 aliphatic carbocycles. The van der Waals surface area contributed by atoms with Crippen LogP contribution in [0, 0.1) is 20.2 Å². The van der Waals surface area contributed by atoms with Crippen molar-refractivity contribution in [3.8, 4) is 0 Å². The summed E-state index contributed by atoms with van der Waals surface area (Å²) in [6, 6.07) is 8.91. The molecule has 2 aromatic rings. The Hall–Kier alpha value is -5.81. The van der Waals surface area contributed by atoms with Crippen molar-refractivity contribution in [2.75, 3.05) is 13.1 Å². The van der Waals surface area contributed by atoms with Gasteiger partial charge < -0.3 is 30.1 Å². The van der Waals surface area contributed by atoms with Crippen LogP contribution < -0.4 is 16.0 Å². The molecule has 0 radical (unpaired) electrons. The number of alkyl carbamates (subject to hydrolysis) is 1. The second-order valence-corrected chi connectivity index (χ2v) is 9.15. The minimum Gasteiger partial charge on any atom is -0.465 e. The zero-order chi connectivity index (χ0) is 31.5. The standard InChI is InChI=1S/C25H27N7O11/c1-15(21(33)27-18-10-11-30(12-18)25(36)37)26-22(28-23(34)42-13-16-2-6-19(7-3-16)31(38)39)29-24(35)43-14-17-4-8-20(9-5-17)32(40)41/h2-9,15,18H,10-14H2,1H3,(H,27,33)(H,36,37)(H2,26,28,29,34,35)/t15-,18-/m0/s1. The minimum absolute atomic E-state index is 0.0942. The molecule has 1 aliphatic rings. The molecule has 0 saturated carbocycles. The number of guanidine groups is 1. The number of carboxylic acid groups (broad SMARTS) is 1. The molecule has 4 N–H and O–H groups in total. The number of nitrogens with one attached hydrogen (secondary N) is 3. The monoisotopic (exact) mass is 601 g/mol. The van der Waals surface area contributed by atoms with Crippen molar-refractivity contribution in [3.63, 3.8) is 0 Å². The molecule has 0 bridgehead atoms. The summed E-state index contributed by atoms with van der Waals surface area (Å²) in [4.78, 5) is 73.9. The number of amides is 4. The molecule has 4 amide bonds. The van der Waals surface area contributed by atoms with Gasteiger partial charge in [-0.05, 0) is 48.7 Å². The Morgan fingerprint density at radius 3 is 2.00 bits per heavy atom. The topological polar surface area (TPSA) is 245 Å². The highest BCUT2D eigenvalue weighted by molar-refractivity contribution is 6.00. The number of rotatable bonds is 9. The fourth-order valence-corrected chi connectivity index (χ4v) is 3.72. The third-order valence-corrected chi connectivity index (χ3v) is 6.00. The second-order valence-electron chi connectivity index (χ2n) is 9.15. The quantitative estimate of drug-likeness (QED) is 0.140. The third kappa shape index (κ3) is 9.95. The molecule has 2 atom stereocenters. The molecule has 43 heavy (non-hydrogen) atoms. The van der Waals surface area contributed by atoms with E-state index in [-0.39, 0.29) is 37.7 Å². The summed E-state index contributed by atoms with van der Waals surface area (Å²) in [6.07, 6.45) is -2.99. The lowest BCUT2D eigenvalue weighted by atomic mass is 10.2. The average Bonchev–Trinajstić information content (AvgIpc) is 3.44. The molecule has 228 valence electrons. The van der Waals surface area contributed by atoms with Gasteiger partial charge in [-0.15, -0.1) is 4.99 Å². The maximum Gasteiger partial charge on any atom is 0.437 e. The van der Waals surface area contributed by atoms with Gasteiger partial charge in [0.2, 0.25) is 11.9 Å². The van der Waals surface area contributed by atoms with Crippen LogP contribution in [0.2, 0.25) is 0 Å². The van der Waals surface area contributed by atoms with Crippen LogP contribution in [0.25, 0.3) is 0 Å². The summed E-state index contributed by atoms with van der Waals surface area (Å²) in [6.45, 7) is 1.14. The number of hydrogen-bond donors (Lipinski definition) is 4. The fraction of sp³-hybridized carbons (Fsp3) is 0.320. The van der Waals surface area contributed by atoms with E-state index >= 15 is 0 Å². The SMILES string of the molecule is C[C@H](N/C(=N\C(=O)OCc1ccc([N+](=O)[O-])cc1)NC(=O)OCc1ccc([N+](=O)[O-])cc1)C(=O)N[C@H]1CCN(C(=O)O)C1. The first kappa shape index (κ1) is 31.7. The average molecular weight is 602 g/mol. The van der Waals surface area contributed by atoms with Gasteiger partial charge >= 0.3 is 18.3 Å². The summed E-state index contributed by atoms with van der Waals surface area (Å²) in [5.74, 6) is -1.09. The number of ether oxygens (including phenoxy) is 2. The second kappa shape index (κ2) is 14.7. The Labute approximate surface area is 243 Å². The third-order valence-electron chi connectivity index (χ3n) is 6.00. The lowest BCUT2D eigenvalue weighted by molar-refractivity contribution is -0.385. The highest BCUT2D eigenvalue weighted by atomic mass is 16.6. The first-order valence-corrected chi connectivity index (χ1v) is 12.6. The van der Waals surface area contributed by atoms with Gasteiger partial charge in [0, 0.05) is 43.4 Å². The number of nitro groups is 2. The zero-order valence-electron chi connectivity index (χ0n) is 22.6. The van der Waals surface area contributed by atoms with Crippen LogP contribution in [-0.2, 0) is 27.5 Å². The van der Waals surface area contributed by atoms with Crippen LogP contribution in [0.5, 0.6) is 0 Å². The molecular weight excluding hydrogens is 574 g/mol. The number of carbonyl (C=O) groups is 4. The highest BCUT2D eigenvalue weighted by Crippen LogP contribution is 2.14. The molecule has 1 heterocycles. The number of likely N-dealkylation sites (tertiary alicyclic amines) is 1. The molecular formula is C25H27N7O11. The van der Waals surface area contributed by atoms with E-state index in [4.69, 9.17) is 14.6 Å². The van der Waals surface area contributed by atoms with Crippen molar-refractivity contribution in [2.24, 2.45) is 4.99 Å². The van der Waals surface area contributed by atoms with Gasteiger partial charge in [-0.2, -0.15) is 0 Å². The molecule has 1 fully saturated rings. The van der Waals surface area contributed by atoms with E-state index in [0.717, 1.165) is 4.90 Å². The largest absolute Gasteiger partial charge is 0.465 e. The van der Waals surface area contributed by atoms with Crippen molar-refractivity contribution in [3.05, 3.63) is 79.9 Å². The van der Waals surface area contributed by atoms with Gasteiger partial charge in [-0.1, -0.05) is 0 Å². The minimum atomic E-state index is -1.18. The Bertz CT molecular complexity index is 1400. The van der Waals surface area contributed by atoms with Gasteiger partial charge in [-0.25, -0.2) is 14.4 Å². The lowest BCUT2D eigenvalue weighted by Crippen LogP contribution is -2.53. The van der Waals surface area contributed by atoms with Crippen molar-refractivity contribution in [1.82, 2.24) is 20.9 Å². The summed E-state index contributed by atoms with van der Waals surface area (Å²) < 4.78 is 10.1. The van der Waals surface area contributed by atoms with E-state index in [1.165, 1.54) is 55.5 Å². The van der Waals surface area contributed by atoms with Crippen LogP contribution in [-0.4, -0.2) is 75.2 Å². The highest BCUT2D eigenvalue weighted by Gasteiger charge is 2.28. The van der Waals surface area contributed by atoms with E-state index < -0.39 is 52.1 Å². The Kier molecular flexibility index (Phi) is 10.9. The molecule has 18 nitrogen and oxygen atoms in total. The van der Waals surface area contributed by atoms with Crippen molar-refractivity contribution < 1.29 is 43.6 Å². The molecule has 0 unspecified atom stereocenters. The molecule has 3 rings (SSSR count). The predicted octanol–water partition coefficient (Wildman–Crippen LogP) is 2.27. The molecule has 2 aromatic carbocycles. The van der Waals surface area contributed by atoms with Crippen LogP contribution in [0.1, 0.15) is 24.5 Å². The van der Waals surface area contributed by atoms with Gasteiger partial charge in [0.25, 0.3) is 11.4 Å². The van der Waals surface area contributed by atoms with Gasteiger partial charge in [0.15, 0.2) is 0 Å². The van der Waals surface area contributed by atoms with E-state index in [2.05, 4.69) is 20.9 Å². The summed E-state index contributed by atoms with van der Waals surface area (Å²) in [5, 5.41) is 38.1. The Morgan fingerprint density at radius 1 is 0.977 bits per heavy atom. The number of nitrogens with zero attached hydrogens (tertiary/aromatic N) is 4. The van der Waals surface area contributed by atoms with Crippen LogP contribution in [0.4, 0.5) is 25.8 Å². The Morgan fingerprint density at radius 2 is 1.51 bits per heavy atom. The van der Waals surface area contributed by atoms with Gasteiger partial charge in [-0.3, -0.25) is 30.3 Å². The van der Waals surface area contributed by atoms with Crippen LogP contribution in [0.15, 0.2) is 53.5 Å². The number of benzene rings is 2. The number of hydrogen-bond acceptors (Lipinski definition) is 10. The smallest absolute Gasteiger partial charge is 0.437 e. The summed E-state index contributed by atoms with van der Waals surface area (Å²) >= 11 is 0. The van der Waals surface area contributed by atoms with Crippen molar-refractivity contribution in [1.29, 1.82) is 0 Å². The normalized spacial score (nSPS) is 15.1. The number of carbonyl (C=O) groups excluding carboxylic acids is 3. The first-order valence-electron chi connectivity index (χ1n) is 12.6. The van der Waals surface area contributed by atoms with Crippen molar-refractivity contribution in [2.45, 2.75) is 38.6 Å². The number of aliphatic imine (C=N–C) groups is 1. The zero-order valence-corrected chi connectivity index (χ0v) is 22.6. The van der Waals surface area contributed by atoms with E-state index in [0.29, 0.717) is 17.5 Å². The first-order chi connectivity index (χ1) is 20.4. The van der Waals surface area contributed by atoms with E-state index in [1.807, 2.05) is 0 Å². The fourth-order valence-electron chi connectivity index (χ4n) is 3.72. The Balaban J connectivity index is 1.63. The number of non-ortho nitro benzene ring substituents is 2. The van der Waals surface area contributed by atoms with Gasteiger partial charge in [0.05, 0.1) is 9.85 Å². The van der Waals surface area contributed by atoms with Crippen LogP contribution in [0.3, 0.4) is 0 Å². The predicted molar refractivity (Wildman–Crippen MR) is 146 cm³/mol. The van der Waals surface area contributed by atoms with Crippen molar-refractivity contribution >= 4 is 41.5 Å². The van der Waals surface area contributed by atoms with E-state index in [9.17, 15) is 39.4 Å². The molecule has 1 aliphatic heterocycles. The maximum atomic E-state index is 12.7. The number of nitro benzene ring substituents is 2. The van der Waals surface area contributed by atoms with E-state index in [1.54, 1.807) is 0 Å². The summed E-state index contributed by atoms with van der Waals surface area (Å²) in [5.41, 5.74) is 0.532. The van der Waals surface area contributed by atoms with Crippen LogP contribution >= 0.6 is 0 Å².